The second kappa shape index (κ2) is 13.2. The second-order valence-corrected chi connectivity index (χ2v) is 8.48. The molecule has 9 nitrogen and oxygen atoms in total. The zero-order chi connectivity index (χ0) is 21.8. The van der Waals surface area contributed by atoms with Crippen molar-refractivity contribution in [2.24, 2.45) is 11.8 Å². The number of hydrogen-bond acceptors (Lipinski definition) is 5. The van der Waals surface area contributed by atoms with E-state index in [1.165, 1.54) is 12.8 Å². The predicted molar refractivity (Wildman–Crippen MR) is 113 cm³/mol. The van der Waals surface area contributed by atoms with Gasteiger partial charge in [0.05, 0.1) is 13.1 Å². The monoisotopic (exact) mass is 426 g/mol. The molecule has 2 fully saturated rings. The largest absolute Gasteiger partial charge is 0.508 e. The van der Waals surface area contributed by atoms with Crippen molar-refractivity contribution in [1.82, 2.24) is 21.3 Å². The minimum Gasteiger partial charge on any atom is -0.432 e. The summed E-state index contributed by atoms with van der Waals surface area (Å²) in [4.78, 5) is 35.3. The number of urea groups is 2. The molecule has 2 saturated carbocycles. The Labute approximate surface area is 179 Å². The molecule has 4 amide bonds. The molecule has 9 heteroatoms. The van der Waals surface area contributed by atoms with E-state index in [-0.39, 0.29) is 50.4 Å². The van der Waals surface area contributed by atoms with Gasteiger partial charge in [0.2, 0.25) is 0 Å². The van der Waals surface area contributed by atoms with E-state index in [1.807, 2.05) is 0 Å². The second-order valence-electron chi connectivity index (χ2n) is 8.48. The summed E-state index contributed by atoms with van der Waals surface area (Å²) in [6.45, 7) is 4.78. The first-order chi connectivity index (χ1) is 14.5. The quantitative estimate of drug-likeness (QED) is 0.352. The summed E-state index contributed by atoms with van der Waals surface area (Å²) in [5, 5.41) is 11.3. The maximum absolute atomic E-state index is 11.9. The van der Waals surface area contributed by atoms with Gasteiger partial charge in [0.1, 0.15) is 13.2 Å². The third-order valence-corrected chi connectivity index (χ3v) is 6.07. The molecular weight excluding hydrogens is 388 g/mol. The Morgan fingerprint density at radius 3 is 1.50 bits per heavy atom. The molecule has 0 aromatic rings. The first-order valence-electron chi connectivity index (χ1n) is 11.3. The molecule has 0 heterocycles. The number of carbonyl (C=O) groups excluding carboxylic acids is 3. The van der Waals surface area contributed by atoms with Gasteiger partial charge in [0.15, 0.2) is 0 Å². The number of hydrogen-bond donors (Lipinski definition) is 4. The van der Waals surface area contributed by atoms with Gasteiger partial charge in [-0.15, -0.1) is 0 Å². The van der Waals surface area contributed by atoms with Gasteiger partial charge < -0.3 is 30.7 Å². The van der Waals surface area contributed by atoms with Crippen molar-refractivity contribution in [3.8, 4) is 0 Å². The van der Waals surface area contributed by atoms with Crippen molar-refractivity contribution in [1.29, 1.82) is 0 Å². The maximum atomic E-state index is 11.9. The molecule has 2 aliphatic rings. The summed E-state index contributed by atoms with van der Waals surface area (Å²) < 4.78 is 9.83. The predicted octanol–water partition coefficient (Wildman–Crippen LogP) is 2.90. The smallest absolute Gasteiger partial charge is 0.432 e. The van der Waals surface area contributed by atoms with Gasteiger partial charge in [-0.25, -0.2) is 14.4 Å². The molecule has 4 N–H and O–H groups in total. The van der Waals surface area contributed by atoms with Gasteiger partial charge in [-0.05, 0) is 37.5 Å². The van der Waals surface area contributed by atoms with E-state index in [0.29, 0.717) is 11.8 Å². The van der Waals surface area contributed by atoms with Crippen molar-refractivity contribution in [2.45, 2.75) is 77.3 Å². The fraction of sp³-hybridized carbons (Fsp3) is 0.857. The highest BCUT2D eigenvalue weighted by Crippen LogP contribution is 2.24. The van der Waals surface area contributed by atoms with Crippen LogP contribution in [0.4, 0.5) is 14.4 Å². The first kappa shape index (κ1) is 24.1. The molecular formula is C21H38N4O5. The molecule has 0 spiro atoms. The summed E-state index contributed by atoms with van der Waals surface area (Å²) in [7, 11) is 0. The van der Waals surface area contributed by atoms with Crippen molar-refractivity contribution in [3.63, 3.8) is 0 Å². The van der Waals surface area contributed by atoms with Crippen molar-refractivity contribution < 1.29 is 23.9 Å². The molecule has 4 unspecified atom stereocenters. The lowest BCUT2D eigenvalue weighted by atomic mass is 9.86. The molecule has 172 valence electrons. The van der Waals surface area contributed by atoms with E-state index in [4.69, 9.17) is 9.47 Å². The minimum absolute atomic E-state index is 0.0277. The Morgan fingerprint density at radius 2 is 1.10 bits per heavy atom. The minimum atomic E-state index is -0.818. The van der Waals surface area contributed by atoms with Crippen LogP contribution < -0.4 is 21.3 Å². The van der Waals surface area contributed by atoms with Crippen molar-refractivity contribution >= 4 is 18.2 Å². The Morgan fingerprint density at radius 1 is 0.700 bits per heavy atom. The van der Waals surface area contributed by atoms with E-state index >= 15 is 0 Å². The molecule has 30 heavy (non-hydrogen) atoms. The molecule has 0 aromatic carbocycles. The van der Waals surface area contributed by atoms with Gasteiger partial charge >= 0.3 is 18.2 Å². The molecule has 2 rings (SSSR count). The van der Waals surface area contributed by atoms with Crippen LogP contribution in [-0.4, -0.2) is 56.6 Å². The molecule has 0 saturated heterocycles. The van der Waals surface area contributed by atoms with E-state index in [1.54, 1.807) is 0 Å². The van der Waals surface area contributed by atoms with Crippen LogP contribution >= 0.6 is 0 Å². The molecule has 0 aromatic heterocycles. The number of nitrogens with one attached hydrogen (secondary N) is 4. The standard InChI is InChI=1S/C21H38N4O5/c1-15-7-3-5-9-17(15)24-19(26)22-11-13-29-21(28)30-14-12-23-20(27)25-18-10-6-4-8-16(18)2/h15-18H,3-14H2,1-2H3,(H2,22,24,26)(H2,23,25,27). The van der Waals surface area contributed by atoms with Crippen LogP contribution in [0.3, 0.4) is 0 Å². The average molecular weight is 427 g/mol. The van der Waals surface area contributed by atoms with Crippen LogP contribution in [0.25, 0.3) is 0 Å². The van der Waals surface area contributed by atoms with Crippen LogP contribution in [0.15, 0.2) is 0 Å². The Hall–Kier alpha value is -2.19. The highest BCUT2D eigenvalue weighted by atomic mass is 16.7. The molecule has 0 radical (unpaired) electrons. The van der Waals surface area contributed by atoms with Crippen LogP contribution in [-0.2, 0) is 9.47 Å². The van der Waals surface area contributed by atoms with Crippen LogP contribution in [0.1, 0.15) is 65.2 Å². The Balaban J connectivity index is 1.45. The van der Waals surface area contributed by atoms with E-state index in [9.17, 15) is 14.4 Å². The maximum Gasteiger partial charge on any atom is 0.508 e. The van der Waals surface area contributed by atoms with Gasteiger partial charge in [-0.1, -0.05) is 39.5 Å². The van der Waals surface area contributed by atoms with Gasteiger partial charge in [-0.2, -0.15) is 0 Å². The summed E-state index contributed by atoms with van der Waals surface area (Å²) in [6.07, 6.45) is 8.17. The summed E-state index contributed by atoms with van der Waals surface area (Å²) in [5.41, 5.74) is 0. The number of rotatable bonds is 8. The van der Waals surface area contributed by atoms with Gasteiger partial charge in [0.25, 0.3) is 0 Å². The van der Waals surface area contributed by atoms with E-state index < -0.39 is 6.16 Å². The number of carbonyl (C=O) groups is 3. The third kappa shape index (κ3) is 9.09. The van der Waals surface area contributed by atoms with Crippen LogP contribution in [0, 0.1) is 11.8 Å². The SMILES string of the molecule is CC1CCCCC1NC(=O)NCCOC(=O)OCCNC(=O)NC1CCCCC1C. The third-order valence-electron chi connectivity index (χ3n) is 6.07. The summed E-state index contributed by atoms with van der Waals surface area (Å²) in [6, 6.07) is -0.0762. The highest BCUT2D eigenvalue weighted by Gasteiger charge is 2.23. The fourth-order valence-corrected chi connectivity index (χ4v) is 4.14. The molecule has 0 bridgehead atoms. The number of amides is 4. The normalized spacial score (nSPS) is 26.2. The topological polar surface area (TPSA) is 118 Å². The van der Waals surface area contributed by atoms with E-state index in [0.717, 1.165) is 38.5 Å². The van der Waals surface area contributed by atoms with Crippen LogP contribution in [0.2, 0.25) is 0 Å². The lowest BCUT2D eigenvalue weighted by Gasteiger charge is -2.29. The summed E-state index contributed by atoms with van der Waals surface area (Å²) in [5.74, 6) is 0.968. The lowest BCUT2D eigenvalue weighted by molar-refractivity contribution is 0.0571. The van der Waals surface area contributed by atoms with Crippen LogP contribution in [0.5, 0.6) is 0 Å². The molecule has 2 aliphatic carbocycles. The molecule has 4 atom stereocenters. The zero-order valence-corrected chi connectivity index (χ0v) is 18.3. The summed E-state index contributed by atoms with van der Waals surface area (Å²) >= 11 is 0. The average Bonchev–Trinajstić information content (AvgIpc) is 2.72. The van der Waals surface area contributed by atoms with Crippen molar-refractivity contribution in [2.75, 3.05) is 26.3 Å². The lowest BCUT2D eigenvalue weighted by Crippen LogP contribution is -2.47. The first-order valence-corrected chi connectivity index (χ1v) is 11.3. The van der Waals surface area contributed by atoms with Gasteiger partial charge in [0, 0.05) is 12.1 Å². The van der Waals surface area contributed by atoms with E-state index in [2.05, 4.69) is 35.1 Å². The van der Waals surface area contributed by atoms with Crippen molar-refractivity contribution in [3.05, 3.63) is 0 Å². The van der Waals surface area contributed by atoms with Gasteiger partial charge in [-0.3, -0.25) is 0 Å². The zero-order valence-electron chi connectivity index (χ0n) is 18.3. The Kier molecular flexibility index (Phi) is 10.6. The highest BCUT2D eigenvalue weighted by molar-refractivity contribution is 5.74. The number of ether oxygens (including phenoxy) is 2. The Bertz CT molecular complexity index is 514. The molecule has 0 aliphatic heterocycles. The fourth-order valence-electron chi connectivity index (χ4n) is 4.14.